The van der Waals surface area contributed by atoms with Gasteiger partial charge in [-0.15, -0.1) is 0 Å². The summed E-state index contributed by atoms with van der Waals surface area (Å²) >= 11 is 0. The first kappa shape index (κ1) is 15.5. The summed E-state index contributed by atoms with van der Waals surface area (Å²) in [6, 6.07) is 6.18. The lowest BCUT2D eigenvalue weighted by atomic mass is 9.98. The average Bonchev–Trinajstić information content (AvgIpc) is 2.85. The predicted molar refractivity (Wildman–Crippen MR) is 78.2 cm³/mol. The molecule has 1 heterocycles. The molecule has 1 amide bonds. The van der Waals surface area contributed by atoms with Crippen LogP contribution in [0.2, 0.25) is 0 Å². The van der Waals surface area contributed by atoms with Crippen molar-refractivity contribution in [1.82, 2.24) is 5.32 Å². The van der Waals surface area contributed by atoms with E-state index in [1.807, 2.05) is 26.0 Å². The number of aliphatic carboxylic acids is 1. The molecule has 0 aliphatic carbocycles. The minimum Gasteiger partial charge on any atom is -0.479 e. The molecule has 21 heavy (non-hydrogen) atoms. The maximum Gasteiger partial charge on any atom is 0.331 e. The van der Waals surface area contributed by atoms with Crippen LogP contribution in [0.1, 0.15) is 29.5 Å². The second kappa shape index (κ2) is 6.26. The Morgan fingerprint density at radius 3 is 2.48 bits per heavy atom. The summed E-state index contributed by atoms with van der Waals surface area (Å²) in [6.07, 6.45) is 1.19. The van der Waals surface area contributed by atoms with Crippen LogP contribution in [0.3, 0.4) is 0 Å². The van der Waals surface area contributed by atoms with E-state index in [-0.39, 0.29) is 18.9 Å². The van der Waals surface area contributed by atoms with Gasteiger partial charge in [-0.1, -0.05) is 29.3 Å². The van der Waals surface area contributed by atoms with E-state index in [4.69, 9.17) is 4.74 Å². The third-order valence-corrected chi connectivity index (χ3v) is 3.73. The Hall–Kier alpha value is -1.88. The minimum atomic E-state index is -1.25. The predicted octanol–water partition coefficient (Wildman–Crippen LogP) is 1.60. The molecule has 0 spiro atoms. The van der Waals surface area contributed by atoms with E-state index in [0.29, 0.717) is 19.4 Å². The van der Waals surface area contributed by atoms with Crippen LogP contribution < -0.4 is 5.32 Å². The number of carbonyl (C=O) groups is 2. The van der Waals surface area contributed by atoms with Gasteiger partial charge in [-0.2, -0.15) is 0 Å². The van der Waals surface area contributed by atoms with Crippen molar-refractivity contribution < 1.29 is 19.4 Å². The number of carbonyl (C=O) groups excluding carboxylic acids is 1. The van der Waals surface area contributed by atoms with Gasteiger partial charge in [0.2, 0.25) is 5.91 Å². The maximum absolute atomic E-state index is 12.0. The highest BCUT2D eigenvalue weighted by Crippen LogP contribution is 2.19. The van der Waals surface area contributed by atoms with Gasteiger partial charge in [0.05, 0.1) is 6.61 Å². The van der Waals surface area contributed by atoms with E-state index >= 15 is 0 Å². The van der Waals surface area contributed by atoms with Crippen LogP contribution in [-0.2, 0) is 20.7 Å². The van der Waals surface area contributed by atoms with Crippen molar-refractivity contribution in [3.05, 3.63) is 34.9 Å². The Bertz CT molecular complexity index is 527. The number of benzene rings is 1. The highest BCUT2D eigenvalue weighted by Gasteiger charge is 2.43. The van der Waals surface area contributed by atoms with E-state index in [9.17, 15) is 14.7 Å². The summed E-state index contributed by atoms with van der Waals surface area (Å²) in [5.74, 6) is -1.28. The molecule has 1 aromatic rings. The number of hydrogen-bond acceptors (Lipinski definition) is 3. The SMILES string of the molecule is Cc1cc(C)cc(CCC(=O)NC2(C(=O)O)CCOC2)c1. The van der Waals surface area contributed by atoms with Gasteiger partial charge in [0.25, 0.3) is 0 Å². The zero-order valence-electron chi connectivity index (χ0n) is 12.4. The first-order valence-electron chi connectivity index (χ1n) is 7.11. The molecule has 1 aliphatic rings. The fraction of sp³-hybridized carbons (Fsp3) is 0.500. The van der Waals surface area contributed by atoms with Crippen molar-refractivity contribution in [2.24, 2.45) is 0 Å². The fourth-order valence-corrected chi connectivity index (χ4v) is 2.69. The number of aryl methyl sites for hydroxylation is 3. The lowest BCUT2D eigenvalue weighted by molar-refractivity contribution is -0.147. The zero-order chi connectivity index (χ0) is 15.5. The van der Waals surface area contributed by atoms with Crippen LogP contribution in [0.25, 0.3) is 0 Å². The molecule has 0 bridgehead atoms. The molecule has 1 saturated heterocycles. The van der Waals surface area contributed by atoms with Crippen LogP contribution in [0.15, 0.2) is 18.2 Å². The summed E-state index contributed by atoms with van der Waals surface area (Å²) in [4.78, 5) is 23.3. The van der Waals surface area contributed by atoms with E-state index < -0.39 is 11.5 Å². The summed E-state index contributed by atoms with van der Waals surface area (Å²) in [7, 11) is 0. The van der Waals surface area contributed by atoms with Crippen molar-refractivity contribution in [1.29, 1.82) is 0 Å². The second-order valence-corrected chi connectivity index (χ2v) is 5.73. The molecule has 0 radical (unpaired) electrons. The third-order valence-electron chi connectivity index (χ3n) is 3.73. The van der Waals surface area contributed by atoms with Crippen molar-refractivity contribution in [2.45, 2.75) is 38.6 Å². The summed E-state index contributed by atoms with van der Waals surface area (Å²) in [5.41, 5.74) is 2.17. The van der Waals surface area contributed by atoms with Gasteiger partial charge in [-0.05, 0) is 25.8 Å². The van der Waals surface area contributed by atoms with Crippen molar-refractivity contribution in [2.75, 3.05) is 13.2 Å². The largest absolute Gasteiger partial charge is 0.479 e. The van der Waals surface area contributed by atoms with E-state index in [1.54, 1.807) is 0 Å². The summed E-state index contributed by atoms with van der Waals surface area (Å²) in [5, 5.41) is 11.9. The Morgan fingerprint density at radius 2 is 1.95 bits per heavy atom. The number of nitrogens with one attached hydrogen (secondary N) is 1. The van der Waals surface area contributed by atoms with Gasteiger partial charge in [-0.3, -0.25) is 4.79 Å². The van der Waals surface area contributed by atoms with Crippen molar-refractivity contribution >= 4 is 11.9 Å². The first-order chi connectivity index (χ1) is 9.91. The molecule has 1 fully saturated rings. The third kappa shape index (κ3) is 3.82. The molecular formula is C16H21NO4. The van der Waals surface area contributed by atoms with Gasteiger partial charge in [0, 0.05) is 19.4 Å². The minimum absolute atomic E-state index is 0.0393. The lowest BCUT2D eigenvalue weighted by Crippen LogP contribution is -2.55. The van der Waals surface area contributed by atoms with Crippen molar-refractivity contribution in [3.8, 4) is 0 Å². The molecule has 2 N–H and O–H groups in total. The molecule has 1 aliphatic heterocycles. The first-order valence-corrected chi connectivity index (χ1v) is 7.11. The van der Waals surface area contributed by atoms with Crippen LogP contribution in [0, 0.1) is 13.8 Å². The molecule has 1 aromatic carbocycles. The number of amides is 1. The molecule has 0 saturated carbocycles. The highest BCUT2D eigenvalue weighted by molar-refractivity contribution is 5.87. The molecule has 5 heteroatoms. The number of hydrogen-bond donors (Lipinski definition) is 2. The second-order valence-electron chi connectivity index (χ2n) is 5.73. The molecule has 1 unspecified atom stereocenters. The Balaban J connectivity index is 1.94. The molecule has 0 aromatic heterocycles. The Morgan fingerprint density at radius 1 is 1.29 bits per heavy atom. The maximum atomic E-state index is 12.0. The number of carboxylic acid groups (broad SMARTS) is 1. The van der Waals surface area contributed by atoms with Crippen molar-refractivity contribution in [3.63, 3.8) is 0 Å². The van der Waals surface area contributed by atoms with Crippen LogP contribution >= 0.6 is 0 Å². The molecule has 5 nitrogen and oxygen atoms in total. The average molecular weight is 291 g/mol. The smallest absolute Gasteiger partial charge is 0.331 e. The Kier molecular flexibility index (Phi) is 4.63. The van der Waals surface area contributed by atoms with Gasteiger partial charge in [0.1, 0.15) is 0 Å². The molecule has 2 rings (SSSR count). The number of rotatable bonds is 5. The quantitative estimate of drug-likeness (QED) is 0.864. The fourth-order valence-electron chi connectivity index (χ4n) is 2.69. The summed E-state index contributed by atoms with van der Waals surface area (Å²) < 4.78 is 5.12. The van der Waals surface area contributed by atoms with Crippen LogP contribution in [0.4, 0.5) is 0 Å². The monoisotopic (exact) mass is 291 g/mol. The number of carboxylic acids is 1. The number of ether oxygens (including phenoxy) is 1. The summed E-state index contributed by atoms with van der Waals surface area (Å²) in [6.45, 7) is 4.44. The van der Waals surface area contributed by atoms with E-state index in [0.717, 1.165) is 16.7 Å². The standard InChI is InChI=1S/C16H21NO4/c1-11-7-12(2)9-13(8-11)3-4-14(18)17-16(15(19)20)5-6-21-10-16/h7-9H,3-6,10H2,1-2H3,(H,17,18)(H,19,20). The van der Waals surface area contributed by atoms with Gasteiger partial charge >= 0.3 is 5.97 Å². The van der Waals surface area contributed by atoms with Gasteiger partial charge < -0.3 is 15.2 Å². The topological polar surface area (TPSA) is 75.6 Å². The lowest BCUT2D eigenvalue weighted by Gasteiger charge is -2.23. The van der Waals surface area contributed by atoms with E-state index in [2.05, 4.69) is 11.4 Å². The highest BCUT2D eigenvalue weighted by atomic mass is 16.5. The molecule has 1 atom stereocenters. The van der Waals surface area contributed by atoms with Crippen LogP contribution in [0.5, 0.6) is 0 Å². The zero-order valence-corrected chi connectivity index (χ0v) is 12.4. The van der Waals surface area contributed by atoms with Gasteiger partial charge in [-0.25, -0.2) is 4.79 Å². The normalized spacial score (nSPS) is 21.2. The van der Waals surface area contributed by atoms with Crippen LogP contribution in [-0.4, -0.2) is 35.7 Å². The van der Waals surface area contributed by atoms with E-state index in [1.165, 1.54) is 0 Å². The van der Waals surface area contributed by atoms with Gasteiger partial charge in [0.15, 0.2) is 5.54 Å². The molecular weight excluding hydrogens is 270 g/mol. The molecule has 114 valence electrons. The Labute approximate surface area is 124 Å².